The molecular weight excluding hydrogens is 328 g/mol. The van der Waals surface area contributed by atoms with Crippen LogP contribution in [0.5, 0.6) is 11.5 Å². The maximum Gasteiger partial charge on any atom is 0.373 e. The molecule has 0 fully saturated rings. The predicted molar refractivity (Wildman–Crippen MR) is 90.8 cm³/mol. The minimum atomic E-state index is -0.548. The van der Waals surface area contributed by atoms with Crippen LogP contribution in [0.25, 0.3) is 0 Å². The molecule has 0 unspecified atom stereocenters. The van der Waals surface area contributed by atoms with E-state index in [2.05, 4.69) is 14.9 Å². The molecule has 2 rings (SSSR count). The van der Waals surface area contributed by atoms with E-state index in [0.29, 0.717) is 17.3 Å². The molecule has 0 bridgehead atoms. The van der Waals surface area contributed by atoms with Crippen LogP contribution in [-0.4, -0.2) is 32.4 Å². The Kier molecular flexibility index (Phi) is 5.99. The second kappa shape index (κ2) is 8.39. The fraction of sp³-hybridized carbons (Fsp3) is 0.188. The van der Waals surface area contributed by atoms with E-state index in [4.69, 9.17) is 25.4 Å². The van der Waals surface area contributed by atoms with Crippen molar-refractivity contribution in [1.29, 1.82) is 0 Å². The number of methoxy groups -OCH3 is 2. The predicted octanol–water partition coefficient (Wildman–Crippen LogP) is 1.26. The standard InChI is InChI=1S/C16H18N4O5/c1-22-14-7-10(8-19-20-16(17)18)3-5-12(14)24-9-11-4-6-13(25-11)15(21)23-2/h3-8H,9H2,1-2H3,(H4,17,18,20). The van der Waals surface area contributed by atoms with Gasteiger partial charge in [0.2, 0.25) is 11.7 Å². The Morgan fingerprint density at radius 2 is 2.00 bits per heavy atom. The maximum atomic E-state index is 11.4. The van der Waals surface area contributed by atoms with Crippen LogP contribution >= 0.6 is 0 Å². The van der Waals surface area contributed by atoms with E-state index in [1.54, 1.807) is 24.3 Å². The van der Waals surface area contributed by atoms with Crippen LogP contribution in [0.15, 0.2) is 45.0 Å². The molecular formula is C16H18N4O5. The third-order valence-electron chi connectivity index (χ3n) is 2.99. The summed E-state index contributed by atoms with van der Waals surface area (Å²) in [7, 11) is 2.80. The number of nitrogens with zero attached hydrogens (tertiary/aromatic N) is 2. The average Bonchev–Trinajstić information content (AvgIpc) is 3.08. The van der Waals surface area contributed by atoms with Crippen molar-refractivity contribution in [2.24, 2.45) is 21.7 Å². The lowest BCUT2D eigenvalue weighted by Crippen LogP contribution is -2.21. The molecule has 9 nitrogen and oxygen atoms in total. The molecule has 1 aromatic carbocycles. The lowest BCUT2D eigenvalue weighted by molar-refractivity contribution is 0.0561. The van der Waals surface area contributed by atoms with E-state index in [1.807, 2.05) is 0 Å². The molecule has 132 valence electrons. The minimum Gasteiger partial charge on any atom is -0.493 e. The molecule has 0 saturated carbocycles. The number of carbonyl (C=O) groups excluding carboxylic acids is 1. The summed E-state index contributed by atoms with van der Waals surface area (Å²) in [6.07, 6.45) is 1.47. The molecule has 0 amide bonds. The number of carbonyl (C=O) groups is 1. The van der Waals surface area contributed by atoms with Gasteiger partial charge in [-0.15, -0.1) is 5.10 Å². The first-order valence-corrected chi connectivity index (χ1v) is 7.13. The molecule has 2 aromatic rings. The van der Waals surface area contributed by atoms with E-state index in [9.17, 15) is 4.79 Å². The van der Waals surface area contributed by atoms with Gasteiger partial charge in [0.15, 0.2) is 11.5 Å². The quantitative estimate of drug-likeness (QED) is 0.333. The Morgan fingerprint density at radius 1 is 1.20 bits per heavy atom. The van der Waals surface area contributed by atoms with Crippen LogP contribution in [0.4, 0.5) is 0 Å². The van der Waals surface area contributed by atoms with E-state index in [1.165, 1.54) is 26.5 Å². The van der Waals surface area contributed by atoms with Crippen molar-refractivity contribution in [2.45, 2.75) is 6.61 Å². The second-order valence-corrected chi connectivity index (χ2v) is 4.73. The third-order valence-corrected chi connectivity index (χ3v) is 2.99. The Hall–Kier alpha value is -3.49. The molecule has 0 spiro atoms. The molecule has 0 aliphatic carbocycles. The number of hydrogen-bond acceptors (Lipinski definition) is 7. The fourth-order valence-electron chi connectivity index (χ4n) is 1.86. The summed E-state index contributed by atoms with van der Waals surface area (Å²) in [5, 5.41) is 7.24. The fourth-order valence-corrected chi connectivity index (χ4v) is 1.86. The van der Waals surface area contributed by atoms with Gasteiger partial charge in [-0.1, -0.05) is 0 Å². The highest BCUT2D eigenvalue weighted by atomic mass is 16.5. The molecule has 25 heavy (non-hydrogen) atoms. The lowest BCUT2D eigenvalue weighted by Gasteiger charge is -2.10. The zero-order valence-electron chi connectivity index (χ0n) is 13.8. The van der Waals surface area contributed by atoms with Crippen LogP contribution in [0.2, 0.25) is 0 Å². The summed E-state index contributed by atoms with van der Waals surface area (Å²) in [5.41, 5.74) is 11.1. The second-order valence-electron chi connectivity index (χ2n) is 4.73. The van der Waals surface area contributed by atoms with Gasteiger partial charge in [0.25, 0.3) is 0 Å². The Bertz CT molecular complexity index is 794. The minimum absolute atomic E-state index is 0.111. The smallest absolute Gasteiger partial charge is 0.373 e. The molecule has 1 aromatic heterocycles. The number of ether oxygens (including phenoxy) is 3. The van der Waals surface area contributed by atoms with Crippen LogP contribution in [-0.2, 0) is 11.3 Å². The van der Waals surface area contributed by atoms with Crippen molar-refractivity contribution in [3.8, 4) is 11.5 Å². The number of nitrogens with two attached hydrogens (primary N) is 2. The van der Waals surface area contributed by atoms with Crippen LogP contribution in [0.1, 0.15) is 21.9 Å². The first-order valence-electron chi connectivity index (χ1n) is 7.13. The monoisotopic (exact) mass is 346 g/mol. The molecule has 4 N–H and O–H groups in total. The zero-order chi connectivity index (χ0) is 18.2. The first kappa shape index (κ1) is 17.9. The number of rotatable bonds is 7. The molecule has 0 radical (unpaired) electrons. The van der Waals surface area contributed by atoms with Crippen molar-refractivity contribution in [3.63, 3.8) is 0 Å². The van der Waals surface area contributed by atoms with Crippen molar-refractivity contribution in [2.75, 3.05) is 14.2 Å². The highest BCUT2D eigenvalue weighted by Crippen LogP contribution is 2.28. The molecule has 1 heterocycles. The summed E-state index contributed by atoms with van der Waals surface area (Å²) < 4.78 is 20.9. The van der Waals surface area contributed by atoms with Gasteiger partial charge in [0.05, 0.1) is 20.4 Å². The van der Waals surface area contributed by atoms with Gasteiger partial charge in [-0.25, -0.2) is 4.79 Å². The van der Waals surface area contributed by atoms with E-state index in [-0.39, 0.29) is 18.3 Å². The number of hydrogen-bond donors (Lipinski definition) is 2. The summed E-state index contributed by atoms with van der Waals surface area (Å²) in [6.45, 7) is 0.120. The Labute approximate surface area is 143 Å². The molecule has 0 atom stereocenters. The SMILES string of the molecule is COC(=O)c1ccc(COc2ccc(C=NN=C(N)N)cc2OC)o1. The number of guanidine groups is 1. The van der Waals surface area contributed by atoms with Crippen LogP contribution in [0.3, 0.4) is 0 Å². The number of furan rings is 1. The number of benzene rings is 1. The van der Waals surface area contributed by atoms with Gasteiger partial charge in [-0.05, 0) is 35.9 Å². The summed E-state index contributed by atoms with van der Waals surface area (Å²) in [5.74, 6) is 0.896. The van der Waals surface area contributed by atoms with Gasteiger partial charge in [0.1, 0.15) is 12.4 Å². The van der Waals surface area contributed by atoms with E-state index in [0.717, 1.165) is 5.56 Å². The van der Waals surface area contributed by atoms with Gasteiger partial charge in [0, 0.05) is 0 Å². The summed E-state index contributed by atoms with van der Waals surface area (Å²) in [6, 6.07) is 8.33. The van der Waals surface area contributed by atoms with Crippen molar-refractivity contribution < 1.29 is 23.4 Å². The van der Waals surface area contributed by atoms with Crippen molar-refractivity contribution in [1.82, 2.24) is 0 Å². The molecule has 9 heteroatoms. The van der Waals surface area contributed by atoms with Crippen molar-refractivity contribution >= 4 is 18.1 Å². The highest BCUT2D eigenvalue weighted by molar-refractivity contribution is 5.86. The van der Waals surface area contributed by atoms with E-state index >= 15 is 0 Å². The number of esters is 1. The van der Waals surface area contributed by atoms with Crippen LogP contribution < -0.4 is 20.9 Å². The van der Waals surface area contributed by atoms with Gasteiger partial charge in [-0.2, -0.15) is 5.10 Å². The third kappa shape index (κ3) is 4.99. The lowest BCUT2D eigenvalue weighted by atomic mass is 10.2. The average molecular weight is 346 g/mol. The van der Waals surface area contributed by atoms with Gasteiger partial charge >= 0.3 is 5.97 Å². The highest BCUT2D eigenvalue weighted by Gasteiger charge is 2.12. The van der Waals surface area contributed by atoms with Crippen LogP contribution in [0, 0.1) is 0 Å². The molecule has 0 saturated heterocycles. The van der Waals surface area contributed by atoms with Gasteiger partial charge in [-0.3, -0.25) is 0 Å². The molecule has 0 aliphatic rings. The largest absolute Gasteiger partial charge is 0.493 e. The summed E-state index contributed by atoms with van der Waals surface area (Å²) in [4.78, 5) is 11.4. The summed E-state index contributed by atoms with van der Waals surface area (Å²) >= 11 is 0. The Balaban J connectivity index is 2.06. The maximum absolute atomic E-state index is 11.4. The van der Waals surface area contributed by atoms with Crippen molar-refractivity contribution in [3.05, 3.63) is 47.4 Å². The van der Waals surface area contributed by atoms with Gasteiger partial charge < -0.3 is 30.1 Å². The topological polar surface area (TPSA) is 135 Å². The van der Waals surface area contributed by atoms with E-state index < -0.39 is 5.97 Å². The normalized spacial score (nSPS) is 10.5. The molecule has 0 aliphatic heterocycles. The zero-order valence-corrected chi connectivity index (χ0v) is 13.8. The first-order chi connectivity index (χ1) is 12.0. The Morgan fingerprint density at radius 3 is 2.68 bits per heavy atom.